The van der Waals surface area contributed by atoms with Gasteiger partial charge < -0.3 is 14.8 Å². The number of hydrogen-bond acceptors (Lipinski definition) is 4. The van der Waals surface area contributed by atoms with Gasteiger partial charge in [0.25, 0.3) is 5.91 Å². The van der Waals surface area contributed by atoms with Crippen molar-refractivity contribution in [1.82, 2.24) is 0 Å². The highest BCUT2D eigenvalue weighted by molar-refractivity contribution is 6.31. The van der Waals surface area contributed by atoms with Gasteiger partial charge >= 0.3 is 5.97 Å². The molecule has 0 fully saturated rings. The van der Waals surface area contributed by atoms with E-state index in [1.165, 1.54) is 6.92 Å². The molecule has 0 aromatic heterocycles. The average Bonchev–Trinajstić information content (AvgIpc) is 2.59. The lowest BCUT2D eigenvalue weighted by Gasteiger charge is -2.15. The van der Waals surface area contributed by atoms with Gasteiger partial charge in [-0.1, -0.05) is 17.7 Å². The van der Waals surface area contributed by atoms with Gasteiger partial charge in [-0.15, -0.1) is 0 Å². The summed E-state index contributed by atoms with van der Waals surface area (Å²) in [7, 11) is 0. The maximum absolute atomic E-state index is 12.2. The van der Waals surface area contributed by atoms with Crippen LogP contribution in [0.25, 0.3) is 0 Å². The van der Waals surface area contributed by atoms with E-state index in [0.29, 0.717) is 28.6 Å². The summed E-state index contributed by atoms with van der Waals surface area (Å²) >= 11 is 5.93. The summed E-state index contributed by atoms with van der Waals surface area (Å²) < 4.78 is 10.5. The zero-order valence-electron chi connectivity index (χ0n) is 14.3. The first-order valence-electron chi connectivity index (χ1n) is 7.91. The topological polar surface area (TPSA) is 64.6 Å². The molecule has 132 valence electrons. The quantitative estimate of drug-likeness (QED) is 0.782. The third kappa shape index (κ3) is 5.22. The molecular formula is C19H20ClNO4. The fraction of sp³-hybridized carbons (Fsp3) is 0.263. The summed E-state index contributed by atoms with van der Waals surface area (Å²) in [6.07, 6.45) is -0.947. The number of halogens is 1. The fourth-order valence-corrected chi connectivity index (χ4v) is 2.27. The van der Waals surface area contributed by atoms with Crippen molar-refractivity contribution in [2.75, 3.05) is 11.9 Å². The number of benzene rings is 2. The van der Waals surface area contributed by atoms with Crippen molar-refractivity contribution in [3.8, 4) is 5.75 Å². The predicted octanol–water partition coefficient (Wildman–Crippen LogP) is 4.23. The molecule has 0 aliphatic carbocycles. The van der Waals surface area contributed by atoms with Crippen molar-refractivity contribution in [1.29, 1.82) is 0 Å². The number of hydrogen-bond donors (Lipinski definition) is 1. The van der Waals surface area contributed by atoms with E-state index in [4.69, 9.17) is 21.1 Å². The van der Waals surface area contributed by atoms with Crippen LogP contribution in [-0.4, -0.2) is 24.6 Å². The minimum absolute atomic E-state index is 0.349. The first-order chi connectivity index (χ1) is 11.9. The zero-order chi connectivity index (χ0) is 18.4. The molecule has 0 aliphatic rings. The van der Waals surface area contributed by atoms with E-state index in [9.17, 15) is 9.59 Å². The third-order valence-electron chi connectivity index (χ3n) is 3.51. The summed E-state index contributed by atoms with van der Waals surface area (Å²) in [4.78, 5) is 24.4. The summed E-state index contributed by atoms with van der Waals surface area (Å²) in [5.41, 5.74) is 1.80. The Hall–Kier alpha value is -2.53. The van der Waals surface area contributed by atoms with Gasteiger partial charge in [0.05, 0.1) is 12.2 Å². The summed E-state index contributed by atoms with van der Waals surface area (Å²) in [6, 6.07) is 11.7. The van der Waals surface area contributed by atoms with Crippen LogP contribution in [0.15, 0.2) is 42.5 Å². The fourth-order valence-electron chi connectivity index (χ4n) is 2.10. The molecule has 2 aromatic rings. The van der Waals surface area contributed by atoms with E-state index in [1.54, 1.807) is 42.5 Å². The molecule has 5 nitrogen and oxygen atoms in total. The molecule has 2 rings (SSSR count). The SMILES string of the molecule is CCOc1ccc(C(=O)OC(C)C(=O)Nc2cc(Cl)ccc2C)cc1. The van der Waals surface area contributed by atoms with Crippen molar-refractivity contribution in [2.45, 2.75) is 26.9 Å². The monoisotopic (exact) mass is 361 g/mol. The van der Waals surface area contributed by atoms with Crippen LogP contribution in [0.2, 0.25) is 5.02 Å². The second kappa shape index (κ2) is 8.53. The minimum Gasteiger partial charge on any atom is -0.494 e. The van der Waals surface area contributed by atoms with Crippen LogP contribution in [0.3, 0.4) is 0 Å². The molecule has 0 spiro atoms. The summed E-state index contributed by atoms with van der Waals surface area (Å²) in [5, 5.41) is 3.23. The van der Waals surface area contributed by atoms with Crippen molar-refractivity contribution >= 4 is 29.2 Å². The Morgan fingerprint density at radius 3 is 2.48 bits per heavy atom. The van der Waals surface area contributed by atoms with Gasteiger partial charge in [-0.3, -0.25) is 4.79 Å². The van der Waals surface area contributed by atoms with Crippen LogP contribution >= 0.6 is 11.6 Å². The van der Waals surface area contributed by atoms with Gasteiger partial charge in [0, 0.05) is 10.7 Å². The molecule has 0 heterocycles. The molecule has 0 aliphatic heterocycles. The number of nitrogens with one attached hydrogen (secondary N) is 1. The summed E-state index contributed by atoms with van der Waals surface area (Å²) in [5.74, 6) is -0.334. The van der Waals surface area contributed by atoms with Crippen molar-refractivity contribution in [2.24, 2.45) is 0 Å². The summed E-state index contributed by atoms with van der Waals surface area (Å²) in [6.45, 7) is 5.79. The van der Waals surface area contributed by atoms with E-state index in [-0.39, 0.29) is 0 Å². The minimum atomic E-state index is -0.947. The number of ether oxygens (including phenoxy) is 2. The van der Waals surface area contributed by atoms with Crippen LogP contribution in [0, 0.1) is 6.92 Å². The number of esters is 1. The second-order valence-corrected chi connectivity index (χ2v) is 5.89. The third-order valence-corrected chi connectivity index (χ3v) is 3.75. The molecule has 1 atom stereocenters. The average molecular weight is 362 g/mol. The molecule has 0 radical (unpaired) electrons. The Morgan fingerprint density at radius 1 is 1.16 bits per heavy atom. The number of amides is 1. The van der Waals surface area contributed by atoms with Gasteiger partial charge in [-0.2, -0.15) is 0 Å². The van der Waals surface area contributed by atoms with Crippen molar-refractivity contribution in [3.05, 3.63) is 58.6 Å². The van der Waals surface area contributed by atoms with Gasteiger partial charge in [-0.05, 0) is 62.7 Å². The standard InChI is InChI=1S/C19H20ClNO4/c1-4-24-16-9-6-14(7-10-16)19(23)25-13(3)18(22)21-17-11-15(20)8-5-12(17)2/h5-11,13H,4H2,1-3H3,(H,21,22). The van der Waals surface area contributed by atoms with Crippen LogP contribution in [0.5, 0.6) is 5.75 Å². The largest absolute Gasteiger partial charge is 0.494 e. The first kappa shape index (κ1) is 18.8. The highest BCUT2D eigenvalue weighted by Gasteiger charge is 2.19. The van der Waals surface area contributed by atoms with Crippen LogP contribution < -0.4 is 10.1 Å². The van der Waals surface area contributed by atoms with Crippen molar-refractivity contribution < 1.29 is 19.1 Å². The van der Waals surface area contributed by atoms with Gasteiger partial charge in [0.2, 0.25) is 0 Å². The molecular weight excluding hydrogens is 342 g/mol. The molecule has 25 heavy (non-hydrogen) atoms. The Labute approximate surface area is 151 Å². The zero-order valence-corrected chi connectivity index (χ0v) is 15.1. The molecule has 0 saturated heterocycles. The Balaban J connectivity index is 1.98. The Morgan fingerprint density at radius 2 is 1.84 bits per heavy atom. The van der Waals surface area contributed by atoms with Crippen LogP contribution in [0.4, 0.5) is 5.69 Å². The van der Waals surface area contributed by atoms with Crippen molar-refractivity contribution in [3.63, 3.8) is 0 Å². The maximum atomic E-state index is 12.2. The van der Waals surface area contributed by atoms with E-state index in [2.05, 4.69) is 5.32 Å². The molecule has 2 aromatic carbocycles. The lowest BCUT2D eigenvalue weighted by atomic mass is 10.2. The van der Waals surface area contributed by atoms with Gasteiger partial charge in [-0.25, -0.2) is 4.79 Å². The molecule has 1 unspecified atom stereocenters. The Bertz CT molecular complexity index is 759. The second-order valence-electron chi connectivity index (χ2n) is 5.45. The number of carbonyl (C=O) groups is 2. The number of carbonyl (C=O) groups excluding carboxylic acids is 2. The molecule has 0 saturated carbocycles. The van der Waals surface area contributed by atoms with Crippen LogP contribution in [0.1, 0.15) is 29.8 Å². The molecule has 0 bridgehead atoms. The smallest absolute Gasteiger partial charge is 0.338 e. The molecule has 1 amide bonds. The van der Waals surface area contributed by atoms with E-state index in [0.717, 1.165) is 5.56 Å². The highest BCUT2D eigenvalue weighted by atomic mass is 35.5. The van der Waals surface area contributed by atoms with E-state index < -0.39 is 18.0 Å². The van der Waals surface area contributed by atoms with Crippen LogP contribution in [-0.2, 0) is 9.53 Å². The predicted molar refractivity (Wildman–Crippen MR) is 97.3 cm³/mol. The maximum Gasteiger partial charge on any atom is 0.338 e. The Kier molecular flexibility index (Phi) is 6.42. The van der Waals surface area contributed by atoms with Gasteiger partial charge in [0.1, 0.15) is 5.75 Å². The molecule has 1 N–H and O–H groups in total. The first-order valence-corrected chi connectivity index (χ1v) is 8.29. The number of aryl methyl sites for hydroxylation is 1. The normalized spacial score (nSPS) is 11.5. The highest BCUT2D eigenvalue weighted by Crippen LogP contribution is 2.20. The van der Waals surface area contributed by atoms with E-state index >= 15 is 0 Å². The molecule has 6 heteroatoms. The lowest BCUT2D eigenvalue weighted by molar-refractivity contribution is -0.123. The van der Waals surface area contributed by atoms with Gasteiger partial charge in [0.15, 0.2) is 6.10 Å². The van der Waals surface area contributed by atoms with E-state index in [1.807, 2.05) is 13.8 Å². The number of anilines is 1. The number of rotatable bonds is 6. The lowest BCUT2D eigenvalue weighted by Crippen LogP contribution is -2.30.